The lowest BCUT2D eigenvalue weighted by atomic mass is 10.2. The number of carbonyl (C=O) groups excluding carboxylic acids is 1. The molecule has 0 spiro atoms. The first-order valence-corrected chi connectivity index (χ1v) is 8.23. The molecule has 0 aromatic carbocycles. The van der Waals surface area contributed by atoms with Crippen LogP contribution in [0.4, 0.5) is 0 Å². The maximum atomic E-state index is 12.6. The Labute approximate surface area is 125 Å². The highest BCUT2D eigenvalue weighted by atomic mass is 16.5. The van der Waals surface area contributed by atoms with Crippen molar-refractivity contribution in [1.29, 1.82) is 0 Å². The quantitative estimate of drug-likeness (QED) is 0.836. The summed E-state index contributed by atoms with van der Waals surface area (Å²) in [6.45, 7) is 3.58. The molecule has 3 aliphatic rings. The molecule has 1 amide bonds. The summed E-state index contributed by atoms with van der Waals surface area (Å²) in [5.74, 6) is 3.52. The fraction of sp³-hybridized carbons (Fsp3) is 0.706. The van der Waals surface area contributed by atoms with Gasteiger partial charge in [-0.1, -0.05) is 6.92 Å². The molecule has 1 aromatic rings. The zero-order chi connectivity index (χ0) is 14.4. The molecule has 21 heavy (non-hydrogen) atoms. The van der Waals surface area contributed by atoms with Crippen molar-refractivity contribution in [2.45, 2.75) is 63.6 Å². The highest BCUT2D eigenvalue weighted by Gasteiger charge is 2.39. The summed E-state index contributed by atoms with van der Waals surface area (Å²) >= 11 is 0. The molecule has 0 radical (unpaired) electrons. The summed E-state index contributed by atoms with van der Waals surface area (Å²) in [5.41, 5.74) is 0. The average Bonchev–Trinajstić information content (AvgIpc) is 3.32. The van der Waals surface area contributed by atoms with E-state index < -0.39 is 0 Å². The molecular formula is C17H23NO3. The van der Waals surface area contributed by atoms with Gasteiger partial charge in [-0.05, 0) is 50.2 Å². The first kappa shape index (κ1) is 13.4. The summed E-state index contributed by atoms with van der Waals surface area (Å²) in [6, 6.07) is 4.53. The molecule has 0 bridgehead atoms. The second kappa shape index (κ2) is 5.16. The summed E-state index contributed by atoms with van der Waals surface area (Å²) in [6.07, 6.45) is 5.11. The lowest BCUT2D eigenvalue weighted by Crippen LogP contribution is -2.39. The average molecular weight is 289 g/mol. The minimum atomic E-state index is -0.219. The first-order chi connectivity index (χ1) is 10.2. The molecular weight excluding hydrogens is 266 g/mol. The zero-order valence-corrected chi connectivity index (χ0v) is 12.6. The van der Waals surface area contributed by atoms with Crippen LogP contribution in [-0.4, -0.2) is 29.6 Å². The van der Waals surface area contributed by atoms with Crippen LogP contribution in [0.3, 0.4) is 0 Å². The number of nitrogens with zero attached hydrogens (tertiary/aromatic N) is 1. The number of rotatable bonds is 5. The van der Waals surface area contributed by atoms with Gasteiger partial charge in [-0.3, -0.25) is 4.79 Å². The third-order valence-corrected chi connectivity index (χ3v) is 4.96. The van der Waals surface area contributed by atoms with E-state index in [0.29, 0.717) is 18.5 Å². The number of furan rings is 1. The molecule has 2 aliphatic carbocycles. The van der Waals surface area contributed by atoms with Gasteiger partial charge in [-0.2, -0.15) is 0 Å². The van der Waals surface area contributed by atoms with Gasteiger partial charge in [0.1, 0.15) is 17.6 Å². The third-order valence-electron chi connectivity index (χ3n) is 4.96. The van der Waals surface area contributed by atoms with Gasteiger partial charge in [0.05, 0.1) is 6.54 Å². The van der Waals surface area contributed by atoms with Crippen molar-refractivity contribution in [2.75, 3.05) is 6.61 Å². The fourth-order valence-corrected chi connectivity index (χ4v) is 3.30. The van der Waals surface area contributed by atoms with E-state index in [4.69, 9.17) is 9.15 Å². The van der Waals surface area contributed by atoms with E-state index in [1.54, 1.807) is 0 Å². The molecule has 2 saturated carbocycles. The number of carbonyl (C=O) groups is 1. The largest absolute Gasteiger partial charge is 0.464 e. The molecule has 1 aliphatic heterocycles. The summed E-state index contributed by atoms with van der Waals surface area (Å²) < 4.78 is 11.5. The minimum Gasteiger partial charge on any atom is -0.464 e. The summed E-state index contributed by atoms with van der Waals surface area (Å²) in [7, 11) is 0. The van der Waals surface area contributed by atoms with Gasteiger partial charge in [0.25, 0.3) is 5.91 Å². The SMILES string of the molecule is C[C@@H]1C[C@H]1c1ccc(CN(C(=O)[C@H]2CCCO2)C2CC2)o1. The van der Waals surface area contributed by atoms with Crippen molar-refractivity contribution in [3.8, 4) is 0 Å². The number of ether oxygens (including phenoxy) is 1. The standard InChI is InChI=1S/C17H23NO3/c1-11-9-14(11)15-7-6-13(21-15)10-18(12-4-5-12)17(19)16-3-2-8-20-16/h6-7,11-12,14,16H,2-5,8-10H2,1H3/t11-,14-,16-/m1/s1. The Hall–Kier alpha value is -1.29. The van der Waals surface area contributed by atoms with Gasteiger partial charge in [-0.15, -0.1) is 0 Å². The molecule has 1 saturated heterocycles. The smallest absolute Gasteiger partial charge is 0.252 e. The molecule has 3 fully saturated rings. The highest BCUT2D eigenvalue weighted by Crippen LogP contribution is 2.47. The second-order valence-corrected chi connectivity index (χ2v) is 6.82. The Balaban J connectivity index is 1.44. The van der Waals surface area contributed by atoms with E-state index >= 15 is 0 Å². The van der Waals surface area contributed by atoms with Gasteiger partial charge in [0, 0.05) is 18.6 Å². The number of amides is 1. The third kappa shape index (κ3) is 2.73. The molecule has 4 rings (SSSR count). The van der Waals surface area contributed by atoms with Gasteiger partial charge in [-0.25, -0.2) is 0 Å². The van der Waals surface area contributed by atoms with Crippen LogP contribution < -0.4 is 0 Å². The Morgan fingerprint density at radius 1 is 1.33 bits per heavy atom. The van der Waals surface area contributed by atoms with E-state index in [2.05, 4.69) is 13.0 Å². The lowest BCUT2D eigenvalue weighted by molar-refractivity contribution is -0.142. The monoisotopic (exact) mass is 289 g/mol. The normalized spacial score (nSPS) is 31.4. The Kier molecular flexibility index (Phi) is 3.29. The Morgan fingerprint density at radius 3 is 2.76 bits per heavy atom. The van der Waals surface area contributed by atoms with E-state index in [1.165, 1.54) is 6.42 Å². The zero-order valence-electron chi connectivity index (χ0n) is 12.6. The van der Waals surface area contributed by atoms with Crippen LogP contribution in [0, 0.1) is 5.92 Å². The molecule has 0 N–H and O–H groups in total. The maximum absolute atomic E-state index is 12.6. The Bertz CT molecular complexity index is 528. The summed E-state index contributed by atoms with van der Waals surface area (Å²) in [5, 5.41) is 0. The number of hydrogen-bond donors (Lipinski definition) is 0. The molecule has 1 aromatic heterocycles. The van der Waals surface area contributed by atoms with Gasteiger partial charge in [0.2, 0.25) is 0 Å². The van der Waals surface area contributed by atoms with E-state index in [0.717, 1.165) is 49.7 Å². The summed E-state index contributed by atoms with van der Waals surface area (Å²) in [4.78, 5) is 14.6. The van der Waals surface area contributed by atoms with Gasteiger partial charge in [0.15, 0.2) is 0 Å². The molecule has 4 nitrogen and oxygen atoms in total. The van der Waals surface area contributed by atoms with Crippen molar-refractivity contribution in [2.24, 2.45) is 5.92 Å². The van der Waals surface area contributed by atoms with Crippen molar-refractivity contribution < 1.29 is 13.9 Å². The second-order valence-electron chi connectivity index (χ2n) is 6.82. The van der Waals surface area contributed by atoms with E-state index in [-0.39, 0.29) is 12.0 Å². The topological polar surface area (TPSA) is 42.7 Å². The van der Waals surface area contributed by atoms with Crippen LogP contribution in [0.15, 0.2) is 16.5 Å². The van der Waals surface area contributed by atoms with Crippen molar-refractivity contribution in [3.63, 3.8) is 0 Å². The van der Waals surface area contributed by atoms with Crippen molar-refractivity contribution >= 4 is 5.91 Å². The Morgan fingerprint density at radius 2 is 2.14 bits per heavy atom. The van der Waals surface area contributed by atoms with Crippen molar-refractivity contribution in [1.82, 2.24) is 4.90 Å². The van der Waals surface area contributed by atoms with Crippen LogP contribution in [0.2, 0.25) is 0 Å². The van der Waals surface area contributed by atoms with Gasteiger partial charge < -0.3 is 14.1 Å². The van der Waals surface area contributed by atoms with Crippen molar-refractivity contribution in [3.05, 3.63) is 23.7 Å². The van der Waals surface area contributed by atoms with Gasteiger partial charge >= 0.3 is 0 Å². The van der Waals surface area contributed by atoms with Crippen LogP contribution in [0.5, 0.6) is 0 Å². The fourth-order valence-electron chi connectivity index (χ4n) is 3.30. The van der Waals surface area contributed by atoms with E-state index in [1.807, 2.05) is 11.0 Å². The van der Waals surface area contributed by atoms with Crippen LogP contribution in [0.1, 0.15) is 56.5 Å². The molecule has 0 unspecified atom stereocenters. The van der Waals surface area contributed by atoms with Crippen LogP contribution >= 0.6 is 0 Å². The number of hydrogen-bond acceptors (Lipinski definition) is 3. The minimum absolute atomic E-state index is 0.160. The van der Waals surface area contributed by atoms with Crippen LogP contribution in [0.25, 0.3) is 0 Å². The predicted molar refractivity (Wildman–Crippen MR) is 77.8 cm³/mol. The highest BCUT2D eigenvalue weighted by molar-refractivity contribution is 5.81. The first-order valence-electron chi connectivity index (χ1n) is 8.23. The maximum Gasteiger partial charge on any atom is 0.252 e. The van der Waals surface area contributed by atoms with Crippen LogP contribution in [-0.2, 0) is 16.1 Å². The molecule has 2 heterocycles. The lowest BCUT2D eigenvalue weighted by Gasteiger charge is -2.24. The molecule has 3 atom stereocenters. The van der Waals surface area contributed by atoms with E-state index in [9.17, 15) is 4.79 Å². The predicted octanol–water partition coefficient (Wildman–Crippen LogP) is 3.07. The molecule has 4 heteroatoms. The molecule has 114 valence electrons.